The van der Waals surface area contributed by atoms with Crippen molar-refractivity contribution in [3.63, 3.8) is 0 Å². The lowest BCUT2D eigenvalue weighted by atomic mass is 10.0. The summed E-state index contributed by atoms with van der Waals surface area (Å²) in [5.41, 5.74) is 2.41. The van der Waals surface area contributed by atoms with Crippen LogP contribution in [0.2, 0.25) is 0 Å². The SMILES string of the molecule is C/C=C(\CC#Cc1ccccc1)C(=O)c1ccccc1. The van der Waals surface area contributed by atoms with Crippen molar-refractivity contribution in [1.29, 1.82) is 0 Å². The lowest BCUT2D eigenvalue weighted by molar-refractivity contribution is 0.103. The number of ketones is 1. The highest BCUT2D eigenvalue weighted by Crippen LogP contribution is 2.11. The predicted molar refractivity (Wildman–Crippen MR) is 82.5 cm³/mol. The van der Waals surface area contributed by atoms with Crippen LogP contribution in [0.5, 0.6) is 0 Å². The molecule has 0 radical (unpaired) electrons. The Kier molecular flexibility index (Phi) is 4.92. The van der Waals surface area contributed by atoms with Crippen LogP contribution in [-0.4, -0.2) is 5.78 Å². The summed E-state index contributed by atoms with van der Waals surface area (Å²) < 4.78 is 0. The van der Waals surface area contributed by atoms with Crippen LogP contribution in [0.1, 0.15) is 29.3 Å². The molecule has 0 heterocycles. The Hall–Kier alpha value is -2.59. The van der Waals surface area contributed by atoms with Gasteiger partial charge in [0.05, 0.1) is 0 Å². The molecule has 0 saturated carbocycles. The molecule has 0 aliphatic carbocycles. The largest absolute Gasteiger partial charge is 0.289 e. The lowest BCUT2D eigenvalue weighted by Gasteiger charge is -2.02. The monoisotopic (exact) mass is 260 g/mol. The Morgan fingerprint density at radius 3 is 2.20 bits per heavy atom. The van der Waals surface area contributed by atoms with E-state index in [0.717, 1.165) is 11.1 Å². The van der Waals surface area contributed by atoms with Crippen molar-refractivity contribution in [3.05, 3.63) is 83.4 Å². The van der Waals surface area contributed by atoms with Crippen LogP contribution in [-0.2, 0) is 0 Å². The van der Waals surface area contributed by atoms with Crippen molar-refractivity contribution in [2.24, 2.45) is 0 Å². The molecule has 0 bridgehead atoms. The summed E-state index contributed by atoms with van der Waals surface area (Å²) in [5.74, 6) is 6.19. The first-order valence-corrected chi connectivity index (χ1v) is 6.60. The molecule has 1 nitrogen and oxygen atoms in total. The molecule has 0 fully saturated rings. The molecular formula is C19H16O. The predicted octanol–water partition coefficient (Wildman–Crippen LogP) is 4.26. The number of rotatable bonds is 3. The fraction of sp³-hybridized carbons (Fsp3) is 0.105. The summed E-state index contributed by atoms with van der Waals surface area (Å²) in [4.78, 5) is 12.3. The molecule has 0 unspecified atom stereocenters. The fourth-order valence-corrected chi connectivity index (χ4v) is 1.85. The second kappa shape index (κ2) is 7.11. The highest BCUT2D eigenvalue weighted by atomic mass is 16.1. The van der Waals surface area contributed by atoms with Crippen molar-refractivity contribution in [2.45, 2.75) is 13.3 Å². The molecule has 0 aliphatic rings. The van der Waals surface area contributed by atoms with Crippen LogP contribution in [0.15, 0.2) is 72.3 Å². The molecular weight excluding hydrogens is 244 g/mol. The normalized spacial score (nSPS) is 10.6. The van der Waals surface area contributed by atoms with E-state index < -0.39 is 0 Å². The second-order valence-electron chi connectivity index (χ2n) is 4.35. The molecule has 2 aromatic carbocycles. The van der Waals surface area contributed by atoms with Gasteiger partial charge in [-0.15, -0.1) is 0 Å². The van der Waals surface area contributed by atoms with Gasteiger partial charge in [0.25, 0.3) is 0 Å². The Labute approximate surface area is 120 Å². The maximum absolute atomic E-state index is 12.3. The van der Waals surface area contributed by atoms with E-state index >= 15 is 0 Å². The average Bonchev–Trinajstić information content (AvgIpc) is 2.53. The van der Waals surface area contributed by atoms with Gasteiger partial charge in [0.1, 0.15) is 0 Å². The number of hydrogen-bond donors (Lipinski definition) is 0. The number of carbonyl (C=O) groups is 1. The zero-order chi connectivity index (χ0) is 14.2. The molecule has 0 amide bonds. The summed E-state index contributed by atoms with van der Waals surface area (Å²) >= 11 is 0. The third kappa shape index (κ3) is 3.70. The first kappa shape index (κ1) is 13.8. The van der Waals surface area contributed by atoms with Gasteiger partial charge in [-0.2, -0.15) is 0 Å². The molecule has 0 saturated heterocycles. The van der Waals surface area contributed by atoms with Gasteiger partial charge >= 0.3 is 0 Å². The minimum Gasteiger partial charge on any atom is -0.289 e. The van der Waals surface area contributed by atoms with Crippen LogP contribution in [0.3, 0.4) is 0 Å². The maximum Gasteiger partial charge on any atom is 0.189 e. The van der Waals surface area contributed by atoms with Crippen molar-refractivity contribution < 1.29 is 4.79 Å². The molecule has 20 heavy (non-hydrogen) atoms. The van der Waals surface area contributed by atoms with Crippen LogP contribution in [0.4, 0.5) is 0 Å². The topological polar surface area (TPSA) is 17.1 Å². The van der Waals surface area contributed by atoms with Gasteiger partial charge in [-0.25, -0.2) is 0 Å². The van der Waals surface area contributed by atoms with Crippen LogP contribution >= 0.6 is 0 Å². The number of benzene rings is 2. The van der Waals surface area contributed by atoms with Crippen molar-refractivity contribution in [3.8, 4) is 11.8 Å². The average molecular weight is 260 g/mol. The zero-order valence-electron chi connectivity index (χ0n) is 11.5. The Morgan fingerprint density at radius 1 is 1.00 bits per heavy atom. The molecule has 1 heteroatoms. The highest BCUT2D eigenvalue weighted by Gasteiger charge is 2.09. The van der Waals surface area contributed by atoms with E-state index in [1.807, 2.05) is 73.7 Å². The first-order valence-electron chi connectivity index (χ1n) is 6.60. The number of hydrogen-bond acceptors (Lipinski definition) is 1. The summed E-state index contributed by atoms with van der Waals surface area (Å²) in [5, 5.41) is 0. The Bertz CT molecular complexity index is 655. The Balaban J connectivity index is 2.08. The van der Waals surface area contributed by atoms with Crippen LogP contribution in [0, 0.1) is 11.8 Å². The third-order valence-electron chi connectivity index (χ3n) is 2.96. The molecule has 0 aliphatic heterocycles. The lowest BCUT2D eigenvalue weighted by Crippen LogP contribution is -2.02. The van der Waals surface area contributed by atoms with E-state index in [2.05, 4.69) is 11.8 Å². The minimum atomic E-state index is 0.0514. The molecule has 98 valence electrons. The van der Waals surface area contributed by atoms with E-state index in [1.54, 1.807) is 0 Å². The first-order chi connectivity index (χ1) is 9.81. The molecule has 0 N–H and O–H groups in total. The van der Waals surface area contributed by atoms with E-state index in [-0.39, 0.29) is 5.78 Å². The van der Waals surface area contributed by atoms with Gasteiger partial charge in [-0.05, 0) is 19.1 Å². The van der Waals surface area contributed by atoms with E-state index in [0.29, 0.717) is 12.0 Å². The molecule has 0 spiro atoms. The Morgan fingerprint density at radius 2 is 1.60 bits per heavy atom. The highest BCUT2D eigenvalue weighted by molar-refractivity contribution is 6.08. The summed E-state index contributed by atoms with van der Waals surface area (Å²) in [6.45, 7) is 1.88. The van der Waals surface area contributed by atoms with Gasteiger partial charge in [0, 0.05) is 23.1 Å². The summed E-state index contributed by atoms with van der Waals surface area (Å²) in [7, 11) is 0. The molecule has 0 atom stereocenters. The van der Waals surface area contributed by atoms with Crippen molar-refractivity contribution in [1.82, 2.24) is 0 Å². The van der Waals surface area contributed by atoms with Gasteiger partial charge < -0.3 is 0 Å². The zero-order valence-corrected chi connectivity index (χ0v) is 11.5. The third-order valence-corrected chi connectivity index (χ3v) is 2.96. The van der Waals surface area contributed by atoms with E-state index in [4.69, 9.17) is 0 Å². The van der Waals surface area contributed by atoms with Gasteiger partial charge in [0.2, 0.25) is 0 Å². The van der Waals surface area contributed by atoms with Gasteiger partial charge in [-0.3, -0.25) is 4.79 Å². The van der Waals surface area contributed by atoms with Crippen LogP contribution < -0.4 is 0 Å². The van der Waals surface area contributed by atoms with Crippen molar-refractivity contribution in [2.75, 3.05) is 0 Å². The standard InChI is InChI=1S/C19H16O/c1-2-17(19(20)18-13-7-4-8-14-18)15-9-12-16-10-5-3-6-11-16/h2-8,10-11,13-14H,15H2,1H3/b17-2+. The van der Waals surface area contributed by atoms with Gasteiger partial charge in [-0.1, -0.05) is 66.4 Å². The molecule has 2 aromatic rings. The number of Topliss-reactive ketones (excluding diaryl/α,β-unsaturated/α-hetero) is 1. The summed E-state index contributed by atoms with van der Waals surface area (Å²) in [6, 6.07) is 19.1. The number of carbonyl (C=O) groups excluding carboxylic acids is 1. The van der Waals surface area contributed by atoms with Crippen LogP contribution in [0.25, 0.3) is 0 Å². The van der Waals surface area contributed by atoms with E-state index in [1.165, 1.54) is 0 Å². The number of allylic oxidation sites excluding steroid dienone is 2. The summed E-state index contributed by atoms with van der Waals surface area (Å²) in [6.07, 6.45) is 2.31. The van der Waals surface area contributed by atoms with Crippen molar-refractivity contribution >= 4 is 5.78 Å². The van der Waals surface area contributed by atoms with E-state index in [9.17, 15) is 4.79 Å². The minimum absolute atomic E-state index is 0.0514. The maximum atomic E-state index is 12.3. The smallest absolute Gasteiger partial charge is 0.189 e. The fourth-order valence-electron chi connectivity index (χ4n) is 1.85. The van der Waals surface area contributed by atoms with Gasteiger partial charge in [0.15, 0.2) is 5.78 Å². The molecule has 0 aromatic heterocycles. The molecule has 2 rings (SSSR count). The quantitative estimate of drug-likeness (QED) is 0.458. The second-order valence-corrected chi connectivity index (χ2v) is 4.35.